The molecule has 4 amide bonds. The van der Waals surface area contributed by atoms with Crippen LogP contribution >= 0.6 is 46.4 Å². The van der Waals surface area contributed by atoms with Gasteiger partial charge in [-0.15, -0.1) is 0 Å². The smallest absolute Gasteiger partial charge is 0.410 e. The summed E-state index contributed by atoms with van der Waals surface area (Å²) in [5.74, 6) is -0.704. The summed E-state index contributed by atoms with van der Waals surface area (Å²) < 4.78 is 14.2. The Balaban J connectivity index is 0.000000196. The fourth-order valence-electron chi connectivity index (χ4n) is 11.0. The van der Waals surface area contributed by atoms with Gasteiger partial charge in [0, 0.05) is 55.4 Å². The molecule has 0 spiro atoms. The number of aryl methyl sites for hydroxylation is 2. The quantitative estimate of drug-likeness (QED) is 0.163. The lowest BCUT2D eigenvalue weighted by Crippen LogP contribution is -2.66. The van der Waals surface area contributed by atoms with Crippen molar-refractivity contribution in [3.8, 4) is 11.4 Å². The van der Waals surface area contributed by atoms with Gasteiger partial charge in [0.05, 0.1) is 57.3 Å². The fraction of sp³-hybridized carbons (Fsp3) is 0.474. The van der Waals surface area contributed by atoms with E-state index in [1.54, 1.807) is 82.9 Å². The molecular weight excluding hydrogens is 1120 g/mol. The van der Waals surface area contributed by atoms with Crippen LogP contribution in [0.3, 0.4) is 0 Å². The molecule has 4 aliphatic heterocycles. The number of ether oxygens (including phenoxy) is 2. The summed E-state index contributed by atoms with van der Waals surface area (Å²) in [7, 11) is 1.58. The molecule has 6 aromatic rings. The molecule has 0 aromatic carbocycles. The minimum atomic E-state index is -0.754. The summed E-state index contributed by atoms with van der Waals surface area (Å²) in [6.07, 6.45) is 2.43. The molecule has 0 aliphatic carbocycles. The summed E-state index contributed by atoms with van der Waals surface area (Å²) >= 11 is 25.8. The van der Waals surface area contributed by atoms with Crippen molar-refractivity contribution in [1.29, 1.82) is 0 Å². The minimum Gasteiger partial charge on any atom is -0.444 e. The maximum atomic E-state index is 14.5. The number of anilines is 4. The van der Waals surface area contributed by atoms with Crippen LogP contribution in [0.5, 0.6) is 0 Å². The van der Waals surface area contributed by atoms with Crippen molar-refractivity contribution in [2.45, 2.75) is 144 Å². The standard InChI is InChI=1S/C29H34Cl2N6O4.C28H32Cl2N6O4/c1-14(2)20-21(15(3)9-10-32-20)37-25-17(11-18(30)24(31)33-25)22-23(27(37)39)34(8)26(38)19-13-35(16(4)12-36(19)22)28(40)41-29(5,6)7;1-13(2)19-21(14(3)8-9-31-19)36-24-16(10-17(29)23(30)33-24)22-20(26(36)38)32-25(37)18-12-34(15(4)11-35(18)22)27(39)40-28(5,6)7/h9-11,14,16,19H,12-13H2,1-8H3;8-10,13,15,18H,11-12H2,1-7H3,(H,32,37)/t16-,19-;15-,18-/m11/s1. The van der Waals surface area contributed by atoms with Crippen LogP contribution in [0.15, 0.2) is 46.2 Å². The molecular formula is C57H66Cl4N12O8. The molecule has 4 atom stereocenters. The molecule has 10 heterocycles. The summed E-state index contributed by atoms with van der Waals surface area (Å²) in [5.41, 5.74) is 3.94. The van der Waals surface area contributed by atoms with E-state index in [1.807, 2.05) is 77.3 Å². The number of pyridine rings is 6. The molecule has 2 saturated heterocycles. The van der Waals surface area contributed by atoms with Crippen LogP contribution in [0.4, 0.5) is 32.3 Å². The van der Waals surface area contributed by atoms with Crippen molar-refractivity contribution < 1.29 is 28.7 Å². The van der Waals surface area contributed by atoms with Gasteiger partial charge in [0.2, 0.25) is 5.91 Å². The van der Waals surface area contributed by atoms with E-state index in [4.69, 9.17) is 55.9 Å². The van der Waals surface area contributed by atoms with Gasteiger partial charge >= 0.3 is 12.2 Å². The SMILES string of the molecule is Cc1ccnc(C(C)C)c1-n1c(=O)c2c(c3cc(Cl)c(Cl)nc31)N1C[C@@H](C)N(C(=O)OC(C)(C)C)C[C@@H]1C(=O)N2.Cc1ccnc(C(C)C)c1-n1c(=O)c2c(c3cc(Cl)c(Cl)nc31)N1C[C@@H](C)N(C(=O)OC(C)(C)C)C[C@@H]1C(=O)N2C. The number of carbonyl (C=O) groups excluding carboxylic acids is 4. The second-order valence-electron chi connectivity index (χ2n) is 23.7. The molecule has 10 rings (SSSR count). The molecule has 81 heavy (non-hydrogen) atoms. The van der Waals surface area contributed by atoms with E-state index in [0.717, 1.165) is 11.1 Å². The largest absolute Gasteiger partial charge is 0.444 e. The molecule has 0 saturated carbocycles. The van der Waals surface area contributed by atoms with Crippen LogP contribution in [0.1, 0.15) is 117 Å². The summed E-state index contributed by atoms with van der Waals surface area (Å²) in [5, 5.41) is 4.48. The second-order valence-corrected chi connectivity index (χ2v) is 25.2. The predicted molar refractivity (Wildman–Crippen MR) is 317 cm³/mol. The van der Waals surface area contributed by atoms with E-state index >= 15 is 0 Å². The Morgan fingerprint density at radius 3 is 1.48 bits per heavy atom. The van der Waals surface area contributed by atoms with Crippen molar-refractivity contribution in [3.63, 3.8) is 0 Å². The number of hydrogen-bond acceptors (Lipinski definition) is 14. The Kier molecular flexibility index (Phi) is 15.7. The van der Waals surface area contributed by atoms with E-state index in [0.29, 0.717) is 62.7 Å². The Bertz CT molecular complexity index is 3740. The predicted octanol–water partition coefficient (Wildman–Crippen LogP) is 10.6. The summed E-state index contributed by atoms with van der Waals surface area (Å²) in [6.45, 7) is 27.1. The molecule has 0 unspecified atom stereocenters. The topological polar surface area (TPSA) is 211 Å². The van der Waals surface area contributed by atoms with E-state index in [2.05, 4.69) is 25.3 Å². The summed E-state index contributed by atoms with van der Waals surface area (Å²) in [6, 6.07) is 4.89. The number of carbonyl (C=O) groups is 4. The molecule has 2 fully saturated rings. The van der Waals surface area contributed by atoms with E-state index in [9.17, 15) is 28.8 Å². The number of halogens is 4. The Morgan fingerprint density at radius 1 is 0.617 bits per heavy atom. The van der Waals surface area contributed by atoms with Crippen LogP contribution in [-0.4, -0.2) is 131 Å². The first-order valence-corrected chi connectivity index (χ1v) is 28.2. The lowest BCUT2D eigenvalue weighted by atomic mass is 9.98. The highest BCUT2D eigenvalue weighted by Crippen LogP contribution is 2.45. The monoisotopic (exact) mass is 1190 g/mol. The lowest BCUT2D eigenvalue weighted by molar-refractivity contribution is -0.121. The Labute approximate surface area is 489 Å². The molecule has 6 aromatic heterocycles. The van der Waals surface area contributed by atoms with Gasteiger partial charge in [-0.1, -0.05) is 74.1 Å². The third kappa shape index (κ3) is 10.6. The number of likely N-dealkylation sites (N-methyl/N-ethyl adjacent to an activating group) is 1. The zero-order valence-electron chi connectivity index (χ0n) is 48.0. The first-order valence-electron chi connectivity index (χ1n) is 26.7. The number of nitrogens with zero attached hydrogens (tertiary/aromatic N) is 11. The van der Waals surface area contributed by atoms with Crippen LogP contribution < -0.4 is 31.1 Å². The molecule has 1 N–H and O–H groups in total. The van der Waals surface area contributed by atoms with E-state index < -0.39 is 52.5 Å². The highest BCUT2D eigenvalue weighted by Gasteiger charge is 2.48. The van der Waals surface area contributed by atoms with Crippen molar-refractivity contribution >= 4 is 115 Å². The number of rotatable bonds is 4. The molecule has 430 valence electrons. The normalized spacial score (nSPS) is 19.0. The zero-order valence-corrected chi connectivity index (χ0v) is 51.0. The van der Waals surface area contributed by atoms with Gasteiger partial charge in [-0.25, -0.2) is 19.6 Å². The number of fused-ring (bicyclic) bond motifs is 10. The fourth-order valence-corrected chi connectivity index (χ4v) is 11.6. The van der Waals surface area contributed by atoms with Crippen LogP contribution in [0.2, 0.25) is 20.4 Å². The Morgan fingerprint density at radius 2 is 1.04 bits per heavy atom. The average molecular weight is 1190 g/mol. The molecule has 0 bridgehead atoms. The maximum Gasteiger partial charge on any atom is 0.410 e. The highest BCUT2D eigenvalue weighted by atomic mass is 35.5. The van der Waals surface area contributed by atoms with E-state index in [-0.39, 0.29) is 81.2 Å². The van der Waals surface area contributed by atoms with Gasteiger partial charge in [-0.3, -0.25) is 38.3 Å². The third-order valence-corrected chi connectivity index (χ3v) is 16.0. The van der Waals surface area contributed by atoms with Crippen molar-refractivity contribution in [3.05, 3.63) is 100 Å². The minimum absolute atomic E-state index is 0.00333. The number of aromatic nitrogens is 6. The third-order valence-electron chi connectivity index (χ3n) is 14.7. The first-order chi connectivity index (χ1) is 37.8. The average Bonchev–Trinajstić information content (AvgIpc) is 1.39. The first kappa shape index (κ1) is 58.9. The summed E-state index contributed by atoms with van der Waals surface area (Å²) in [4.78, 5) is 109. The molecule has 20 nitrogen and oxygen atoms in total. The number of hydrogen-bond donors (Lipinski definition) is 1. The molecule has 4 aliphatic rings. The Hall–Kier alpha value is -6.74. The highest BCUT2D eigenvalue weighted by molar-refractivity contribution is 6.42. The number of piperazine rings is 2. The van der Waals surface area contributed by atoms with Crippen molar-refractivity contribution in [2.24, 2.45) is 0 Å². The van der Waals surface area contributed by atoms with Crippen molar-refractivity contribution in [1.82, 2.24) is 38.9 Å². The van der Waals surface area contributed by atoms with Crippen LogP contribution in [-0.2, 0) is 19.1 Å². The van der Waals surface area contributed by atoms with Gasteiger partial charge in [0.15, 0.2) is 11.3 Å². The number of amides is 4. The van der Waals surface area contributed by atoms with Gasteiger partial charge in [-0.05, 0) is 116 Å². The lowest BCUT2D eigenvalue weighted by Gasteiger charge is -2.49. The molecule has 24 heteroatoms. The van der Waals surface area contributed by atoms with E-state index in [1.165, 1.54) is 14.0 Å². The second kappa shape index (κ2) is 21.5. The van der Waals surface area contributed by atoms with Crippen LogP contribution in [0.25, 0.3) is 33.4 Å². The van der Waals surface area contributed by atoms with Gasteiger partial charge in [0.25, 0.3) is 17.0 Å². The van der Waals surface area contributed by atoms with Gasteiger partial charge < -0.3 is 39.3 Å². The number of nitrogens with one attached hydrogen (secondary N) is 1. The zero-order chi connectivity index (χ0) is 59.4. The molecule has 0 radical (unpaired) electrons. The van der Waals surface area contributed by atoms with Gasteiger partial charge in [0.1, 0.15) is 45.0 Å². The van der Waals surface area contributed by atoms with Gasteiger partial charge in [-0.2, -0.15) is 0 Å². The van der Waals surface area contributed by atoms with Crippen LogP contribution in [0, 0.1) is 13.8 Å². The van der Waals surface area contributed by atoms with Crippen molar-refractivity contribution in [2.75, 3.05) is 53.2 Å². The maximum absolute atomic E-state index is 14.5.